The van der Waals surface area contributed by atoms with E-state index in [-0.39, 0.29) is 12.5 Å². The average molecular weight is 338 g/mol. The normalized spacial score (nSPS) is 10.1. The van der Waals surface area contributed by atoms with Crippen LogP contribution in [0, 0.1) is 0 Å². The number of carbonyl (C=O) groups is 2. The first-order chi connectivity index (χ1) is 10.5. The summed E-state index contributed by atoms with van der Waals surface area (Å²) in [6, 6.07) is 11.5. The molecule has 0 bridgehead atoms. The van der Waals surface area contributed by atoms with Crippen LogP contribution < -0.4 is 5.32 Å². The zero-order valence-electron chi connectivity index (χ0n) is 11.7. The molecule has 0 unspecified atom stereocenters. The van der Waals surface area contributed by atoms with Gasteiger partial charge in [0.2, 0.25) is 5.91 Å². The van der Waals surface area contributed by atoms with Crippen molar-refractivity contribution in [2.24, 2.45) is 0 Å². The number of amides is 1. The highest BCUT2D eigenvalue weighted by molar-refractivity contribution is 6.42. The molecule has 1 N–H and O–H groups in total. The van der Waals surface area contributed by atoms with Gasteiger partial charge in [0.15, 0.2) is 0 Å². The summed E-state index contributed by atoms with van der Waals surface area (Å²) in [4.78, 5) is 23.0. The Balaban J connectivity index is 2.02. The van der Waals surface area contributed by atoms with Crippen molar-refractivity contribution in [3.8, 4) is 0 Å². The van der Waals surface area contributed by atoms with Crippen LogP contribution in [0.15, 0.2) is 42.5 Å². The van der Waals surface area contributed by atoms with E-state index >= 15 is 0 Å². The second kappa shape index (κ2) is 7.29. The van der Waals surface area contributed by atoms with Crippen LogP contribution in [0.2, 0.25) is 10.0 Å². The topological polar surface area (TPSA) is 55.4 Å². The van der Waals surface area contributed by atoms with Crippen LogP contribution in [-0.4, -0.2) is 11.9 Å². The van der Waals surface area contributed by atoms with E-state index in [2.05, 4.69) is 5.32 Å². The highest BCUT2D eigenvalue weighted by atomic mass is 35.5. The highest BCUT2D eigenvalue weighted by Gasteiger charge is 2.09. The molecule has 2 aromatic carbocycles. The molecule has 0 aliphatic heterocycles. The minimum absolute atomic E-state index is 0.0834. The quantitative estimate of drug-likeness (QED) is 0.845. The van der Waals surface area contributed by atoms with E-state index in [1.807, 2.05) is 0 Å². The SMILES string of the molecule is CC(=O)Nc1cccc(C(=O)OCc2ccc(Cl)c(Cl)c2)c1. The maximum absolute atomic E-state index is 12.0. The fraction of sp³-hybridized carbons (Fsp3) is 0.125. The van der Waals surface area contributed by atoms with Gasteiger partial charge in [-0.1, -0.05) is 35.3 Å². The number of rotatable bonds is 4. The van der Waals surface area contributed by atoms with Crippen molar-refractivity contribution >= 4 is 40.8 Å². The molecule has 0 fully saturated rings. The molecule has 0 saturated carbocycles. The molecular weight excluding hydrogens is 325 g/mol. The summed E-state index contributed by atoms with van der Waals surface area (Å²) in [6.45, 7) is 1.48. The lowest BCUT2D eigenvalue weighted by molar-refractivity contribution is -0.114. The second-order valence-electron chi connectivity index (χ2n) is 4.59. The largest absolute Gasteiger partial charge is 0.457 e. The Labute approximate surface area is 138 Å². The molecule has 0 saturated heterocycles. The van der Waals surface area contributed by atoms with Gasteiger partial charge in [-0.3, -0.25) is 4.79 Å². The van der Waals surface area contributed by atoms with E-state index in [0.717, 1.165) is 5.56 Å². The van der Waals surface area contributed by atoms with Crippen LogP contribution in [-0.2, 0) is 16.1 Å². The van der Waals surface area contributed by atoms with Gasteiger partial charge in [-0.2, -0.15) is 0 Å². The van der Waals surface area contributed by atoms with Gasteiger partial charge in [-0.25, -0.2) is 4.79 Å². The first-order valence-corrected chi connectivity index (χ1v) is 7.20. The third-order valence-electron chi connectivity index (χ3n) is 2.77. The molecule has 0 aliphatic carbocycles. The Kier molecular flexibility index (Phi) is 5.41. The summed E-state index contributed by atoms with van der Waals surface area (Å²) in [5.74, 6) is -0.695. The molecule has 114 valence electrons. The number of hydrogen-bond donors (Lipinski definition) is 1. The summed E-state index contributed by atoms with van der Waals surface area (Å²) >= 11 is 11.7. The Morgan fingerprint density at radius 2 is 1.86 bits per heavy atom. The third-order valence-corrected chi connectivity index (χ3v) is 3.51. The molecular formula is C16H13Cl2NO3. The summed E-state index contributed by atoms with van der Waals surface area (Å²) in [5.41, 5.74) is 1.63. The van der Waals surface area contributed by atoms with Crippen LogP contribution in [0.4, 0.5) is 5.69 Å². The molecule has 6 heteroatoms. The Hall–Kier alpha value is -2.04. The molecule has 2 aromatic rings. The number of hydrogen-bond acceptors (Lipinski definition) is 3. The zero-order valence-corrected chi connectivity index (χ0v) is 13.2. The summed E-state index contributed by atoms with van der Waals surface area (Å²) in [5, 5.41) is 3.46. The van der Waals surface area contributed by atoms with E-state index in [0.29, 0.717) is 21.3 Å². The first-order valence-electron chi connectivity index (χ1n) is 6.44. The van der Waals surface area contributed by atoms with Crippen molar-refractivity contribution in [2.75, 3.05) is 5.32 Å². The number of esters is 1. The molecule has 1 amide bonds. The van der Waals surface area contributed by atoms with E-state index in [4.69, 9.17) is 27.9 Å². The van der Waals surface area contributed by atoms with E-state index in [9.17, 15) is 9.59 Å². The van der Waals surface area contributed by atoms with Crippen molar-refractivity contribution < 1.29 is 14.3 Å². The molecule has 4 nitrogen and oxygen atoms in total. The number of carbonyl (C=O) groups excluding carboxylic acids is 2. The number of nitrogens with one attached hydrogen (secondary N) is 1. The third kappa shape index (κ3) is 4.48. The van der Waals surface area contributed by atoms with Crippen LogP contribution in [0.25, 0.3) is 0 Å². The van der Waals surface area contributed by atoms with Crippen molar-refractivity contribution in [3.05, 3.63) is 63.6 Å². The van der Waals surface area contributed by atoms with Gasteiger partial charge in [0.25, 0.3) is 0 Å². The number of halogens is 2. The van der Waals surface area contributed by atoms with Gasteiger partial charge in [0, 0.05) is 12.6 Å². The number of anilines is 1. The Morgan fingerprint density at radius 1 is 1.09 bits per heavy atom. The predicted octanol–water partition coefficient (Wildman–Crippen LogP) is 4.31. The highest BCUT2D eigenvalue weighted by Crippen LogP contribution is 2.23. The minimum Gasteiger partial charge on any atom is -0.457 e. The van der Waals surface area contributed by atoms with Crippen molar-refractivity contribution in [2.45, 2.75) is 13.5 Å². The Bertz CT molecular complexity index is 716. The van der Waals surface area contributed by atoms with Gasteiger partial charge < -0.3 is 10.1 Å². The van der Waals surface area contributed by atoms with Gasteiger partial charge in [0.05, 0.1) is 15.6 Å². The van der Waals surface area contributed by atoms with E-state index < -0.39 is 5.97 Å². The maximum atomic E-state index is 12.0. The lowest BCUT2D eigenvalue weighted by Crippen LogP contribution is -2.08. The Morgan fingerprint density at radius 3 is 2.55 bits per heavy atom. The van der Waals surface area contributed by atoms with Crippen LogP contribution in [0.1, 0.15) is 22.8 Å². The summed E-state index contributed by atoms with van der Waals surface area (Å²) < 4.78 is 5.22. The molecule has 0 aromatic heterocycles. The lowest BCUT2D eigenvalue weighted by Gasteiger charge is -2.07. The molecule has 0 heterocycles. The van der Waals surface area contributed by atoms with Gasteiger partial charge in [0.1, 0.15) is 6.61 Å². The van der Waals surface area contributed by atoms with Crippen LogP contribution in [0.3, 0.4) is 0 Å². The molecule has 0 aliphatic rings. The monoisotopic (exact) mass is 337 g/mol. The average Bonchev–Trinajstić information content (AvgIpc) is 2.48. The maximum Gasteiger partial charge on any atom is 0.338 e. The van der Waals surface area contributed by atoms with Crippen LogP contribution >= 0.6 is 23.2 Å². The molecule has 22 heavy (non-hydrogen) atoms. The van der Waals surface area contributed by atoms with Gasteiger partial charge in [-0.05, 0) is 35.9 Å². The lowest BCUT2D eigenvalue weighted by atomic mass is 10.2. The van der Waals surface area contributed by atoms with E-state index in [1.165, 1.54) is 6.92 Å². The zero-order chi connectivity index (χ0) is 16.1. The standard InChI is InChI=1S/C16H13Cl2NO3/c1-10(20)19-13-4-2-3-12(8-13)16(21)22-9-11-5-6-14(17)15(18)7-11/h2-8H,9H2,1H3,(H,19,20). The van der Waals surface area contributed by atoms with Gasteiger partial charge in [-0.15, -0.1) is 0 Å². The summed E-state index contributed by atoms with van der Waals surface area (Å²) in [7, 11) is 0. The van der Waals surface area contributed by atoms with Crippen molar-refractivity contribution in [3.63, 3.8) is 0 Å². The number of ether oxygens (including phenoxy) is 1. The number of benzene rings is 2. The fourth-order valence-corrected chi connectivity index (χ4v) is 2.11. The van der Waals surface area contributed by atoms with Crippen molar-refractivity contribution in [1.29, 1.82) is 0 Å². The summed E-state index contributed by atoms with van der Waals surface area (Å²) in [6.07, 6.45) is 0. The smallest absolute Gasteiger partial charge is 0.338 e. The van der Waals surface area contributed by atoms with Crippen LogP contribution in [0.5, 0.6) is 0 Å². The minimum atomic E-state index is -0.488. The van der Waals surface area contributed by atoms with Crippen molar-refractivity contribution in [1.82, 2.24) is 0 Å². The molecule has 0 atom stereocenters. The van der Waals surface area contributed by atoms with E-state index in [1.54, 1.807) is 42.5 Å². The molecule has 2 rings (SSSR count). The van der Waals surface area contributed by atoms with Gasteiger partial charge >= 0.3 is 5.97 Å². The predicted molar refractivity (Wildman–Crippen MR) is 86.3 cm³/mol. The second-order valence-corrected chi connectivity index (χ2v) is 5.40. The first kappa shape index (κ1) is 16.3. The molecule has 0 spiro atoms. The molecule has 0 radical (unpaired) electrons. The fourth-order valence-electron chi connectivity index (χ4n) is 1.79.